The number of aromatic amines is 1. The molecule has 1 aliphatic heterocycles. The van der Waals surface area contributed by atoms with Gasteiger partial charge in [-0.05, 0) is 19.1 Å². The van der Waals surface area contributed by atoms with Crippen LogP contribution in [0.25, 0.3) is 0 Å². The van der Waals surface area contributed by atoms with Crippen LogP contribution in [0.5, 0.6) is 0 Å². The van der Waals surface area contributed by atoms with Gasteiger partial charge in [-0.25, -0.2) is 0 Å². The second kappa shape index (κ2) is 3.76. The molecule has 1 atom stereocenters. The van der Waals surface area contributed by atoms with E-state index in [0.717, 1.165) is 5.56 Å². The Hall–Kier alpha value is -2.50. The van der Waals surface area contributed by atoms with Gasteiger partial charge in [-0.1, -0.05) is 0 Å². The van der Waals surface area contributed by atoms with Crippen molar-refractivity contribution in [3.8, 4) is 0 Å². The monoisotopic (exact) mass is 242 g/mol. The zero-order chi connectivity index (χ0) is 12.7. The molecule has 3 heterocycles. The van der Waals surface area contributed by atoms with Crippen molar-refractivity contribution in [3.05, 3.63) is 47.5 Å². The number of aromatic nitrogens is 3. The predicted octanol–water partition coefficient (Wildman–Crippen LogP) is 1.16. The molecule has 2 aromatic heterocycles. The molecule has 6 heteroatoms. The third-order valence-electron chi connectivity index (χ3n) is 3.07. The molecule has 0 aliphatic carbocycles. The Labute approximate surface area is 103 Å². The molecule has 0 spiro atoms. The van der Waals surface area contributed by atoms with E-state index in [1.807, 2.05) is 0 Å². The molecule has 6 nitrogen and oxygen atoms in total. The summed E-state index contributed by atoms with van der Waals surface area (Å²) < 4.78 is 0. The number of imide groups is 1. The van der Waals surface area contributed by atoms with Crippen molar-refractivity contribution in [1.82, 2.24) is 20.1 Å². The minimum absolute atomic E-state index is 0.220. The molecule has 2 amide bonds. The van der Waals surface area contributed by atoms with Crippen molar-refractivity contribution in [3.63, 3.8) is 0 Å². The smallest absolute Gasteiger partial charge is 0.280 e. The van der Waals surface area contributed by atoms with E-state index >= 15 is 0 Å². The van der Waals surface area contributed by atoms with Crippen LogP contribution < -0.4 is 0 Å². The highest BCUT2D eigenvalue weighted by Crippen LogP contribution is 2.29. The van der Waals surface area contributed by atoms with Gasteiger partial charge < -0.3 is 0 Å². The molecule has 0 radical (unpaired) electrons. The lowest BCUT2D eigenvalue weighted by Crippen LogP contribution is -2.32. The number of hydrogen-bond donors (Lipinski definition) is 1. The fraction of sp³-hybridized carbons (Fsp3) is 0.167. The normalized spacial score (nSPS) is 15.9. The third kappa shape index (κ3) is 1.35. The van der Waals surface area contributed by atoms with Gasteiger partial charge >= 0.3 is 0 Å². The van der Waals surface area contributed by atoms with E-state index in [-0.39, 0.29) is 23.6 Å². The molecule has 0 saturated heterocycles. The summed E-state index contributed by atoms with van der Waals surface area (Å²) in [6, 6.07) is 2.90. The molecule has 1 N–H and O–H groups in total. The molecule has 3 rings (SSSR count). The lowest BCUT2D eigenvalue weighted by atomic mass is 10.1. The summed E-state index contributed by atoms with van der Waals surface area (Å²) in [5.41, 5.74) is 1.36. The molecule has 18 heavy (non-hydrogen) atoms. The van der Waals surface area contributed by atoms with Gasteiger partial charge in [0.1, 0.15) is 5.69 Å². The van der Waals surface area contributed by atoms with Gasteiger partial charge in [0, 0.05) is 18.0 Å². The van der Waals surface area contributed by atoms with Crippen LogP contribution in [0.4, 0.5) is 0 Å². The summed E-state index contributed by atoms with van der Waals surface area (Å²) in [7, 11) is 0. The average molecular weight is 242 g/mol. The molecular weight excluding hydrogens is 232 g/mol. The van der Waals surface area contributed by atoms with Gasteiger partial charge in [0.2, 0.25) is 0 Å². The zero-order valence-corrected chi connectivity index (χ0v) is 9.62. The summed E-state index contributed by atoms with van der Waals surface area (Å²) in [5, 5.41) is 6.49. The number of nitrogens with one attached hydrogen (secondary N) is 1. The van der Waals surface area contributed by atoms with E-state index in [4.69, 9.17) is 0 Å². The Balaban J connectivity index is 2.02. The van der Waals surface area contributed by atoms with Crippen molar-refractivity contribution in [2.75, 3.05) is 0 Å². The Morgan fingerprint density at radius 1 is 1.33 bits per heavy atom. The fourth-order valence-corrected chi connectivity index (χ4v) is 2.07. The summed E-state index contributed by atoms with van der Waals surface area (Å²) in [6.45, 7) is 1.78. The van der Waals surface area contributed by atoms with Gasteiger partial charge in [-0.3, -0.25) is 24.6 Å². The van der Waals surface area contributed by atoms with Gasteiger partial charge in [0.05, 0.1) is 17.8 Å². The molecule has 0 bridgehead atoms. The topological polar surface area (TPSA) is 79.0 Å². The van der Waals surface area contributed by atoms with Crippen LogP contribution in [0.15, 0.2) is 30.7 Å². The number of carbonyl (C=O) groups is 2. The number of carbonyl (C=O) groups excluding carboxylic acids is 2. The Morgan fingerprint density at radius 2 is 2.17 bits per heavy atom. The molecule has 90 valence electrons. The van der Waals surface area contributed by atoms with E-state index in [1.54, 1.807) is 31.5 Å². The Morgan fingerprint density at radius 3 is 2.83 bits per heavy atom. The predicted molar refractivity (Wildman–Crippen MR) is 61.7 cm³/mol. The second-order valence-corrected chi connectivity index (χ2v) is 4.09. The van der Waals surface area contributed by atoms with Crippen molar-refractivity contribution in [2.45, 2.75) is 13.0 Å². The summed E-state index contributed by atoms with van der Waals surface area (Å²) in [5.74, 6) is -0.666. The number of hydrogen-bond acceptors (Lipinski definition) is 4. The number of pyridine rings is 1. The Bertz CT molecular complexity index is 586. The largest absolute Gasteiger partial charge is 0.285 e. The highest BCUT2D eigenvalue weighted by atomic mass is 16.2. The maximum Gasteiger partial charge on any atom is 0.280 e. The molecule has 0 saturated carbocycles. The van der Waals surface area contributed by atoms with Crippen LogP contribution in [0.3, 0.4) is 0 Å². The number of amides is 2. The highest BCUT2D eigenvalue weighted by Gasteiger charge is 2.40. The van der Waals surface area contributed by atoms with Crippen molar-refractivity contribution >= 4 is 11.8 Å². The molecule has 1 unspecified atom stereocenters. The summed E-state index contributed by atoms with van der Waals surface area (Å²) >= 11 is 0. The van der Waals surface area contributed by atoms with Crippen LogP contribution >= 0.6 is 0 Å². The SMILES string of the molecule is CC(c1cn[nH]c1)N1C(=O)c2cccnc2C1=O. The van der Waals surface area contributed by atoms with E-state index in [0.29, 0.717) is 5.56 Å². The first-order valence-electron chi connectivity index (χ1n) is 5.51. The van der Waals surface area contributed by atoms with Crippen LogP contribution in [0, 0.1) is 0 Å². The first kappa shape index (κ1) is 10.6. The third-order valence-corrected chi connectivity index (χ3v) is 3.07. The number of rotatable bonds is 2. The van der Waals surface area contributed by atoms with Gasteiger partial charge in [0.25, 0.3) is 11.8 Å². The minimum Gasteiger partial charge on any atom is -0.285 e. The van der Waals surface area contributed by atoms with Gasteiger partial charge in [0.15, 0.2) is 0 Å². The fourth-order valence-electron chi connectivity index (χ4n) is 2.07. The van der Waals surface area contributed by atoms with Crippen molar-refractivity contribution in [2.24, 2.45) is 0 Å². The first-order chi connectivity index (χ1) is 8.70. The van der Waals surface area contributed by atoms with E-state index < -0.39 is 0 Å². The molecule has 0 fully saturated rings. The van der Waals surface area contributed by atoms with Gasteiger partial charge in [-0.2, -0.15) is 5.10 Å². The second-order valence-electron chi connectivity index (χ2n) is 4.09. The maximum absolute atomic E-state index is 12.2. The van der Waals surface area contributed by atoms with Crippen LogP contribution in [0.2, 0.25) is 0 Å². The number of H-pyrrole nitrogens is 1. The minimum atomic E-state index is -0.363. The van der Waals surface area contributed by atoms with Crippen LogP contribution in [0.1, 0.15) is 39.4 Å². The Kier molecular flexibility index (Phi) is 2.22. The van der Waals surface area contributed by atoms with Gasteiger partial charge in [-0.15, -0.1) is 0 Å². The number of nitrogens with zero attached hydrogens (tertiary/aromatic N) is 3. The lowest BCUT2D eigenvalue weighted by molar-refractivity contribution is 0.0593. The quantitative estimate of drug-likeness (QED) is 0.801. The van der Waals surface area contributed by atoms with Crippen LogP contribution in [-0.4, -0.2) is 31.9 Å². The maximum atomic E-state index is 12.2. The standard InChI is InChI=1S/C12H10N4O2/c1-7(8-5-14-15-6-8)16-11(17)9-3-2-4-13-10(9)12(16)18/h2-7H,1H3,(H,14,15). The zero-order valence-electron chi connectivity index (χ0n) is 9.62. The summed E-state index contributed by atoms with van der Waals surface area (Å²) in [6.07, 6.45) is 4.78. The van der Waals surface area contributed by atoms with Crippen molar-refractivity contribution < 1.29 is 9.59 Å². The number of fused-ring (bicyclic) bond motifs is 1. The summed E-state index contributed by atoms with van der Waals surface area (Å²) in [4.78, 5) is 29.5. The van der Waals surface area contributed by atoms with E-state index in [2.05, 4.69) is 15.2 Å². The highest BCUT2D eigenvalue weighted by molar-refractivity contribution is 6.20. The molecular formula is C12H10N4O2. The molecule has 1 aliphatic rings. The average Bonchev–Trinajstić information content (AvgIpc) is 2.99. The first-order valence-corrected chi connectivity index (χ1v) is 5.51. The molecule has 0 aromatic carbocycles. The van der Waals surface area contributed by atoms with Crippen molar-refractivity contribution in [1.29, 1.82) is 0 Å². The molecule has 2 aromatic rings. The van der Waals surface area contributed by atoms with E-state index in [9.17, 15) is 9.59 Å². The van der Waals surface area contributed by atoms with E-state index in [1.165, 1.54) is 11.1 Å². The van der Waals surface area contributed by atoms with Crippen LogP contribution in [-0.2, 0) is 0 Å². The lowest BCUT2D eigenvalue weighted by Gasteiger charge is -2.20.